The molecule has 0 aliphatic heterocycles. The Morgan fingerprint density at radius 3 is 2.44 bits per heavy atom. The Morgan fingerprint density at radius 1 is 1.25 bits per heavy atom. The molecule has 0 aliphatic rings. The number of rotatable bonds is 3. The molecule has 2 rings (SSSR count). The van der Waals surface area contributed by atoms with Crippen LogP contribution in [0.1, 0.15) is 13.8 Å². The molecule has 0 fully saturated rings. The van der Waals surface area contributed by atoms with Gasteiger partial charge < -0.3 is 10.5 Å². The van der Waals surface area contributed by atoms with Crippen LogP contribution in [-0.2, 0) is 0 Å². The number of nitrogens with two attached hydrogens (primary N) is 1. The van der Waals surface area contributed by atoms with Crippen molar-refractivity contribution in [2.75, 3.05) is 5.73 Å². The summed E-state index contributed by atoms with van der Waals surface area (Å²) in [6.07, 6.45) is 3.69. The molecule has 0 spiro atoms. The maximum absolute atomic E-state index is 5.71. The highest BCUT2D eigenvalue weighted by atomic mass is 16.5. The van der Waals surface area contributed by atoms with Gasteiger partial charge in [-0.25, -0.2) is 4.98 Å². The molecule has 0 unspecified atom stereocenters. The van der Waals surface area contributed by atoms with Crippen molar-refractivity contribution in [2.45, 2.75) is 20.0 Å². The fraction of sp³-hybridized carbons (Fsp3) is 0.250. The Morgan fingerprint density at radius 2 is 1.94 bits per heavy atom. The zero-order valence-electron chi connectivity index (χ0n) is 9.42. The average Bonchev–Trinajstić information content (AvgIpc) is 2.65. The van der Waals surface area contributed by atoms with Gasteiger partial charge in [0.15, 0.2) is 0 Å². The maximum atomic E-state index is 5.71. The van der Waals surface area contributed by atoms with Crippen LogP contribution in [0.2, 0.25) is 0 Å². The predicted molar refractivity (Wildman–Crippen MR) is 63.7 cm³/mol. The first-order chi connectivity index (χ1) is 7.66. The molecule has 1 heterocycles. The highest BCUT2D eigenvalue weighted by molar-refractivity contribution is 5.42. The number of hydrogen-bond donors (Lipinski definition) is 1. The first-order valence-electron chi connectivity index (χ1n) is 5.23. The monoisotopic (exact) mass is 217 g/mol. The average molecular weight is 217 g/mol. The van der Waals surface area contributed by atoms with Gasteiger partial charge in [-0.2, -0.15) is 0 Å². The topological polar surface area (TPSA) is 53.1 Å². The van der Waals surface area contributed by atoms with Gasteiger partial charge in [0.25, 0.3) is 0 Å². The molecule has 0 atom stereocenters. The minimum absolute atomic E-state index is 0.184. The van der Waals surface area contributed by atoms with Gasteiger partial charge in [-0.15, -0.1) is 0 Å². The maximum Gasteiger partial charge on any atom is 0.204 e. The first-order valence-corrected chi connectivity index (χ1v) is 5.23. The second-order valence-electron chi connectivity index (χ2n) is 3.82. The summed E-state index contributed by atoms with van der Waals surface area (Å²) in [5, 5.41) is 0. The number of nitrogens with zero attached hydrogens (tertiary/aromatic N) is 2. The van der Waals surface area contributed by atoms with E-state index in [1.807, 2.05) is 48.9 Å². The summed E-state index contributed by atoms with van der Waals surface area (Å²) in [5.41, 5.74) is 6.69. The SMILES string of the molecule is CC(C)Oc1ccc(-n2ccnc2N)cc1. The first kappa shape index (κ1) is 10.5. The van der Waals surface area contributed by atoms with Gasteiger partial charge in [0.1, 0.15) is 5.75 Å². The largest absolute Gasteiger partial charge is 0.491 e. The van der Waals surface area contributed by atoms with Crippen LogP contribution < -0.4 is 10.5 Å². The van der Waals surface area contributed by atoms with Gasteiger partial charge >= 0.3 is 0 Å². The van der Waals surface area contributed by atoms with Crippen LogP contribution in [0.15, 0.2) is 36.7 Å². The molecule has 4 nitrogen and oxygen atoms in total. The fourth-order valence-corrected chi connectivity index (χ4v) is 1.49. The van der Waals surface area contributed by atoms with Crippen molar-refractivity contribution < 1.29 is 4.74 Å². The number of anilines is 1. The normalized spacial score (nSPS) is 10.7. The molecule has 2 N–H and O–H groups in total. The summed E-state index contributed by atoms with van der Waals surface area (Å²) in [7, 11) is 0. The molecular weight excluding hydrogens is 202 g/mol. The van der Waals surface area contributed by atoms with E-state index in [0.29, 0.717) is 5.95 Å². The van der Waals surface area contributed by atoms with Crippen molar-refractivity contribution in [1.82, 2.24) is 9.55 Å². The molecule has 0 radical (unpaired) electrons. The molecule has 0 saturated heterocycles. The van der Waals surface area contributed by atoms with Gasteiger partial charge in [0.05, 0.1) is 6.10 Å². The van der Waals surface area contributed by atoms with E-state index >= 15 is 0 Å². The number of benzene rings is 1. The van der Waals surface area contributed by atoms with E-state index < -0.39 is 0 Å². The third-order valence-electron chi connectivity index (χ3n) is 2.16. The molecule has 0 aliphatic carbocycles. The van der Waals surface area contributed by atoms with E-state index in [4.69, 9.17) is 10.5 Å². The Balaban J connectivity index is 2.23. The fourth-order valence-electron chi connectivity index (χ4n) is 1.49. The van der Waals surface area contributed by atoms with Crippen LogP contribution in [-0.4, -0.2) is 15.7 Å². The molecule has 1 aromatic carbocycles. The Labute approximate surface area is 94.7 Å². The third-order valence-corrected chi connectivity index (χ3v) is 2.16. The van der Waals surface area contributed by atoms with Crippen LogP contribution in [0.25, 0.3) is 5.69 Å². The van der Waals surface area contributed by atoms with Gasteiger partial charge in [-0.3, -0.25) is 4.57 Å². The highest BCUT2D eigenvalue weighted by Gasteiger charge is 2.02. The molecule has 0 saturated carbocycles. The Hall–Kier alpha value is -1.97. The Kier molecular flexibility index (Phi) is 2.81. The summed E-state index contributed by atoms with van der Waals surface area (Å²) >= 11 is 0. The number of hydrogen-bond acceptors (Lipinski definition) is 3. The summed E-state index contributed by atoms with van der Waals surface area (Å²) in [5.74, 6) is 1.34. The molecule has 2 aromatic rings. The zero-order chi connectivity index (χ0) is 11.5. The van der Waals surface area contributed by atoms with Gasteiger partial charge in [-0.05, 0) is 38.1 Å². The van der Waals surface area contributed by atoms with Crippen molar-refractivity contribution in [3.8, 4) is 11.4 Å². The summed E-state index contributed by atoms with van der Waals surface area (Å²) in [4.78, 5) is 3.97. The van der Waals surface area contributed by atoms with E-state index in [9.17, 15) is 0 Å². The second-order valence-corrected chi connectivity index (χ2v) is 3.82. The van der Waals surface area contributed by atoms with E-state index in [0.717, 1.165) is 11.4 Å². The summed E-state index contributed by atoms with van der Waals surface area (Å²) in [6, 6.07) is 7.76. The third kappa shape index (κ3) is 2.16. The quantitative estimate of drug-likeness (QED) is 0.857. The summed E-state index contributed by atoms with van der Waals surface area (Å²) < 4.78 is 7.38. The highest BCUT2D eigenvalue weighted by Crippen LogP contribution is 2.18. The number of imidazole rings is 1. The lowest BCUT2D eigenvalue weighted by atomic mass is 10.3. The van der Waals surface area contributed by atoms with Crippen molar-refractivity contribution in [3.63, 3.8) is 0 Å². The second kappa shape index (κ2) is 4.26. The number of aromatic nitrogens is 2. The molecule has 0 amide bonds. The van der Waals surface area contributed by atoms with Crippen LogP contribution in [0.5, 0.6) is 5.75 Å². The smallest absolute Gasteiger partial charge is 0.204 e. The van der Waals surface area contributed by atoms with Crippen LogP contribution in [0.3, 0.4) is 0 Å². The van der Waals surface area contributed by atoms with Crippen molar-refractivity contribution >= 4 is 5.95 Å². The molecule has 84 valence electrons. The van der Waals surface area contributed by atoms with Gasteiger partial charge in [-0.1, -0.05) is 0 Å². The lowest BCUT2D eigenvalue weighted by Crippen LogP contribution is -2.05. The molecule has 16 heavy (non-hydrogen) atoms. The Bertz CT molecular complexity index is 459. The molecule has 0 bridgehead atoms. The minimum atomic E-state index is 0.184. The van der Waals surface area contributed by atoms with Gasteiger partial charge in [0, 0.05) is 18.1 Å². The van der Waals surface area contributed by atoms with Crippen LogP contribution >= 0.6 is 0 Å². The molecule has 1 aromatic heterocycles. The molecule has 4 heteroatoms. The zero-order valence-corrected chi connectivity index (χ0v) is 9.42. The summed E-state index contributed by atoms with van der Waals surface area (Å²) in [6.45, 7) is 4.00. The van der Waals surface area contributed by atoms with Crippen LogP contribution in [0, 0.1) is 0 Å². The minimum Gasteiger partial charge on any atom is -0.491 e. The van der Waals surface area contributed by atoms with E-state index in [2.05, 4.69) is 4.98 Å². The van der Waals surface area contributed by atoms with Crippen molar-refractivity contribution in [3.05, 3.63) is 36.7 Å². The van der Waals surface area contributed by atoms with Crippen LogP contribution in [0.4, 0.5) is 5.95 Å². The lowest BCUT2D eigenvalue weighted by molar-refractivity contribution is 0.242. The van der Waals surface area contributed by atoms with E-state index in [-0.39, 0.29) is 6.10 Å². The predicted octanol–water partition coefficient (Wildman–Crippen LogP) is 2.24. The van der Waals surface area contributed by atoms with Crippen molar-refractivity contribution in [2.24, 2.45) is 0 Å². The lowest BCUT2D eigenvalue weighted by Gasteiger charge is -2.10. The number of ether oxygens (including phenoxy) is 1. The van der Waals surface area contributed by atoms with E-state index in [1.54, 1.807) is 6.20 Å². The number of nitrogen functional groups attached to an aromatic ring is 1. The standard InChI is InChI=1S/C12H15N3O/c1-9(2)16-11-5-3-10(4-6-11)15-8-7-14-12(15)13/h3-9H,1-2H3,(H2,13,14). The molecular formula is C12H15N3O. The van der Waals surface area contributed by atoms with Crippen molar-refractivity contribution in [1.29, 1.82) is 0 Å². The van der Waals surface area contributed by atoms with Gasteiger partial charge in [0.2, 0.25) is 5.95 Å². The van der Waals surface area contributed by atoms with E-state index in [1.165, 1.54) is 0 Å².